The number of hydrogen-bond donors (Lipinski definition) is 1. The maximum atomic E-state index is 9.00. The summed E-state index contributed by atoms with van der Waals surface area (Å²) in [5.74, 6) is 0.388. The fourth-order valence-corrected chi connectivity index (χ4v) is 1.46. The fourth-order valence-electron chi connectivity index (χ4n) is 0.859. The van der Waals surface area contributed by atoms with Gasteiger partial charge in [0.15, 0.2) is 0 Å². The Bertz CT molecular complexity index is 252. The van der Waals surface area contributed by atoms with E-state index in [0.29, 0.717) is 5.92 Å². The van der Waals surface area contributed by atoms with Crippen LogP contribution in [0.1, 0.15) is 18.9 Å². The van der Waals surface area contributed by atoms with Gasteiger partial charge >= 0.3 is 0 Å². The minimum atomic E-state index is 0.122. The summed E-state index contributed by atoms with van der Waals surface area (Å²) in [6, 6.07) is 0. The molecule has 0 bridgehead atoms. The lowest BCUT2D eigenvalue weighted by molar-refractivity contribution is 0.320. The molecule has 3 heteroatoms. The molecule has 1 rings (SSSR count). The second-order valence-electron chi connectivity index (χ2n) is 2.90. The van der Waals surface area contributed by atoms with E-state index in [0.717, 1.165) is 10.6 Å². The molecule has 0 aliphatic heterocycles. The van der Waals surface area contributed by atoms with Crippen molar-refractivity contribution in [3.05, 3.63) is 22.2 Å². The number of aromatic nitrogens is 1. The van der Waals surface area contributed by atoms with E-state index in [4.69, 9.17) is 5.11 Å². The van der Waals surface area contributed by atoms with Gasteiger partial charge in [-0.1, -0.05) is 13.8 Å². The van der Waals surface area contributed by atoms with Crippen molar-refractivity contribution in [3.8, 4) is 0 Å². The number of aliphatic hydroxyl groups excluding tert-OH is 1. The Balaban J connectivity index is 2.78. The predicted octanol–water partition coefficient (Wildman–Crippen LogP) is 2.17. The van der Waals surface area contributed by atoms with E-state index in [-0.39, 0.29) is 6.61 Å². The highest BCUT2D eigenvalue weighted by atomic mass is 32.1. The van der Waals surface area contributed by atoms with Gasteiger partial charge in [0.05, 0.1) is 6.61 Å². The minimum absolute atomic E-state index is 0.122. The Hall–Kier alpha value is -0.670. The molecule has 1 N–H and O–H groups in total. The third-order valence-corrected chi connectivity index (χ3v) is 2.41. The molecule has 0 saturated heterocycles. The molecule has 0 unspecified atom stereocenters. The van der Waals surface area contributed by atoms with E-state index in [1.807, 2.05) is 11.5 Å². The first-order chi connectivity index (χ1) is 5.74. The van der Waals surface area contributed by atoms with Crippen molar-refractivity contribution in [3.63, 3.8) is 0 Å². The van der Waals surface area contributed by atoms with Gasteiger partial charge in [-0.3, -0.25) is 0 Å². The lowest BCUT2D eigenvalue weighted by Crippen LogP contribution is -1.98. The molecular formula is C9H13NOS. The first-order valence-electron chi connectivity index (χ1n) is 3.95. The van der Waals surface area contributed by atoms with E-state index >= 15 is 0 Å². The van der Waals surface area contributed by atoms with Crippen LogP contribution in [-0.4, -0.2) is 16.7 Å². The van der Waals surface area contributed by atoms with E-state index in [1.165, 1.54) is 0 Å². The van der Waals surface area contributed by atoms with Crippen LogP contribution in [0.4, 0.5) is 0 Å². The number of rotatable bonds is 3. The fraction of sp³-hybridized carbons (Fsp3) is 0.444. The van der Waals surface area contributed by atoms with Gasteiger partial charge in [0, 0.05) is 11.6 Å². The molecular weight excluding hydrogens is 170 g/mol. The summed E-state index contributed by atoms with van der Waals surface area (Å²) in [6.45, 7) is 4.25. The second-order valence-corrected chi connectivity index (χ2v) is 3.83. The Morgan fingerprint density at radius 3 is 2.92 bits per heavy atom. The van der Waals surface area contributed by atoms with Crippen molar-refractivity contribution in [2.75, 3.05) is 6.61 Å². The molecule has 0 fully saturated rings. The molecule has 0 aromatic carbocycles. The normalized spacial score (nSPS) is 12.5. The molecule has 1 heterocycles. The second kappa shape index (κ2) is 4.38. The number of aliphatic hydroxyl groups is 1. The maximum absolute atomic E-state index is 9.00. The van der Waals surface area contributed by atoms with Crippen molar-refractivity contribution in [2.45, 2.75) is 13.8 Å². The van der Waals surface area contributed by atoms with Crippen LogP contribution in [0.15, 0.2) is 17.2 Å². The third kappa shape index (κ3) is 2.43. The van der Waals surface area contributed by atoms with Gasteiger partial charge in [-0.2, -0.15) is 0 Å². The molecule has 0 spiro atoms. The highest BCUT2D eigenvalue weighted by molar-refractivity contribution is 7.10. The maximum Gasteiger partial charge on any atom is 0.116 e. The van der Waals surface area contributed by atoms with E-state index < -0.39 is 0 Å². The lowest BCUT2D eigenvalue weighted by atomic mass is 10.0. The average Bonchev–Trinajstić information content (AvgIpc) is 2.51. The quantitative estimate of drug-likeness (QED) is 0.779. The molecule has 0 aliphatic rings. The van der Waals surface area contributed by atoms with Crippen LogP contribution in [0, 0.1) is 5.92 Å². The SMILES string of the molecule is CC(C)/C(=C/c1nccs1)CO. The predicted molar refractivity (Wildman–Crippen MR) is 52.0 cm³/mol. The Morgan fingerprint density at radius 1 is 1.75 bits per heavy atom. The summed E-state index contributed by atoms with van der Waals surface area (Å²) in [5.41, 5.74) is 1.03. The Morgan fingerprint density at radius 2 is 2.50 bits per heavy atom. The molecule has 0 amide bonds. The summed E-state index contributed by atoms with van der Waals surface area (Å²) in [7, 11) is 0. The number of hydrogen-bond acceptors (Lipinski definition) is 3. The summed E-state index contributed by atoms with van der Waals surface area (Å²) in [4.78, 5) is 4.12. The van der Waals surface area contributed by atoms with Crippen LogP contribution < -0.4 is 0 Å². The zero-order valence-electron chi connectivity index (χ0n) is 7.32. The standard InChI is InChI=1S/C9H13NOS/c1-7(2)8(6-11)5-9-10-3-4-12-9/h3-5,7,11H,6H2,1-2H3/b8-5+. The number of thiazole rings is 1. The monoisotopic (exact) mass is 183 g/mol. The molecule has 1 aromatic heterocycles. The van der Waals surface area contributed by atoms with Crippen molar-refractivity contribution in [1.82, 2.24) is 4.98 Å². The van der Waals surface area contributed by atoms with E-state index in [1.54, 1.807) is 17.5 Å². The summed E-state index contributed by atoms with van der Waals surface area (Å²) < 4.78 is 0. The molecule has 1 aromatic rings. The summed E-state index contributed by atoms with van der Waals surface area (Å²) >= 11 is 1.59. The van der Waals surface area contributed by atoms with Crippen molar-refractivity contribution >= 4 is 17.4 Å². The van der Waals surface area contributed by atoms with Gasteiger partial charge in [-0.15, -0.1) is 11.3 Å². The largest absolute Gasteiger partial charge is 0.392 e. The van der Waals surface area contributed by atoms with Gasteiger partial charge < -0.3 is 5.11 Å². The molecule has 66 valence electrons. The zero-order valence-corrected chi connectivity index (χ0v) is 8.14. The zero-order chi connectivity index (χ0) is 8.97. The lowest BCUT2D eigenvalue weighted by Gasteiger charge is -2.05. The molecule has 12 heavy (non-hydrogen) atoms. The van der Waals surface area contributed by atoms with E-state index in [2.05, 4.69) is 18.8 Å². The number of nitrogens with zero attached hydrogens (tertiary/aromatic N) is 1. The third-order valence-electron chi connectivity index (χ3n) is 1.68. The van der Waals surface area contributed by atoms with Crippen molar-refractivity contribution in [2.24, 2.45) is 5.92 Å². The molecule has 0 radical (unpaired) electrons. The van der Waals surface area contributed by atoms with Gasteiger partial charge in [0.25, 0.3) is 0 Å². The van der Waals surface area contributed by atoms with Crippen LogP contribution in [0.25, 0.3) is 6.08 Å². The van der Waals surface area contributed by atoms with Gasteiger partial charge in [-0.25, -0.2) is 4.98 Å². The summed E-state index contributed by atoms with van der Waals surface area (Å²) in [5, 5.41) is 11.9. The van der Waals surface area contributed by atoms with Crippen molar-refractivity contribution in [1.29, 1.82) is 0 Å². The average molecular weight is 183 g/mol. The molecule has 2 nitrogen and oxygen atoms in total. The Kier molecular flexibility index (Phi) is 3.44. The Labute approximate surface area is 76.6 Å². The molecule has 0 atom stereocenters. The summed E-state index contributed by atoms with van der Waals surface area (Å²) in [6.07, 6.45) is 3.72. The van der Waals surface area contributed by atoms with Crippen LogP contribution >= 0.6 is 11.3 Å². The van der Waals surface area contributed by atoms with E-state index in [9.17, 15) is 0 Å². The smallest absolute Gasteiger partial charge is 0.116 e. The first kappa shape index (κ1) is 9.42. The van der Waals surface area contributed by atoms with Gasteiger partial charge in [0.1, 0.15) is 5.01 Å². The first-order valence-corrected chi connectivity index (χ1v) is 4.83. The molecule has 0 saturated carbocycles. The highest BCUT2D eigenvalue weighted by Crippen LogP contribution is 2.15. The van der Waals surface area contributed by atoms with Crippen LogP contribution in [0.2, 0.25) is 0 Å². The minimum Gasteiger partial charge on any atom is -0.392 e. The van der Waals surface area contributed by atoms with Gasteiger partial charge in [0.2, 0.25) is 0 Å². The molecule has 0 aliphatic carbocycles. The van der Waals surface area contributed by atoms with Crippen LogP contribution in [0.3, 0.4) is 0 Å². The topological polar surface area (TPSA) is 33.1 Å². The van der Waals surface area contributed by atoms with Crippen LogP contribution in [0.5, 0.6) is 0 Å². The highest BCUT2D eigenvalue weighted by Gasteiger charge is 2.02. The van der Waals surface area contributed by atoms with Crippen molar-refractivity contribution < 1.29 is 5.11 Å². The van der Waals surface area contributed by atoms with Crippen LogP contribution in [-0.2, 0) is 0 Å². The van der Waals surface area contributed by atoms with Gasteiger partial charge in [-0.05, 0) is 17.6 Å².